The van der Waals surface area contributed by atoms with Crippen molar-refractivity contribution in [2.45, 2.75) is 32.4 Å². The number of ether oxygens (including phenoxy) is 2. The van der Waals surface area contributed by atoms with E-state index in [4.69, 9.17) is 13.9 Å². The Bertz CT molecular complexity index is 1400. The molecule has 1 aliphatic rings. The number of para-hydroxylation sites is 1. The first-order valence-corrected chi connectivity index (χ1v) is 11.4. The molecule has 1 aliphatic heterocycles. The van der Waals surface area contributed by atoms with Crippen molar-refractivity contribution >= 4 is 33.8 Å². The molecule has 0 saturated carbocycles. The molecule has 0 N–H and O–H groups in total. The first-order chi connectivity index (χ1) is 16.9. The van der Waals surface area contributed by atoms with Crippen LogP contribution < -0.4 is 4.74 Å². The Morgan fingerprint density at radius 2 is 1.89 bits per heavy atom. The largest absolute Gasteiger partial charge is 0.462 e. The van der Waals surface area contributed by atoms with E-state index in [0.717, 1.165) is 16.5 Å². The number of esters is 1. The van der Waals surface area contributed by atoms with Crippen LogP contribution in [0.25, 0.3) is 21.9 Å². The van der Waals surface area contributed by atoms with Crippen molar-refractivity contribution in [3.63, 3.8) is 0 Å². The van der Waals surface area contributed by atoms with E-state index in [9.17, 15) is 18.4 Å². The van der Waals surface area contributed by atoms with Crippen molar-refractivity contribution in [3.8, 4) is 5.75 Å². The predicted octanol–water partition coefficient (Wildman–Crippen LogP) is 5.88. The standard InChI is InChI=1S/C27H23F2NO5/c1-2-33-26(32)17-9-7-16(8-10-17)14-30-15-18(13-23(30)31)19-11-12-22(35-27(28)29)25-24(19)20-5-3-4-6-21(20)34-25/h3-12,18,27H,2,13-15H2,1H3. The average molecular weight is 479 g/mol. The summed E-state index contributed by atoms with van der Waals surface area (Å²) < 4.78 is 41.6. The van der Waals surface area contributed by atoms with Crippen molar-refractivity contribution in [1.82, 2.24) is 4.90 Å². The minimum Gasteiger partial charge on any atom is -0.462 e. The van der Waals surface area contributed by atoms with Crippen LogP contribution in [0.1, 0.15) is 40.7 Å². The summed E-state index contributed by atoms with van der Waals surface area (Å²) in [6.45, 7) is -0.0431. The first-order valence-electron chi connectivity index (χ1n) is 11.4. The van der Waals surface area contributed by atoms with Gasteiger partial charge in [-0.1, -0.05) is 36.4 Å². The third-order valence-electron chi connectivity index (χ3n) is 6.23. The Kier molecular flexibility index (Phi) is 6.11. The molecule has 1 aromatic heterocycles. The number of nitrogens with zero attached hydrogens (tertiary/aromatic N) is 1. The molecule has 0 radical (unpaired) electrons. The highest BCUT2D eigenvalue weighted by molar-refractivity contribution is 6.09. The van der Waals surface area contributed by atoms with Gasteiger partial charge in [0.15, 0.2) is 11.3 Å². The zero-order chi connectivity index (χ0) is 24.5. The number of amides is 1. The van der Waals surface area contributed by atoms with Crippen molar-refractivity contribution in [1.29, 1.82) is 0 Å². The highest BCUT2D eigenvalue weighted by atomic mass is 19.3. The number of hydrogen-bond acceptors (Lipinski definition) is 5. The number of carbonyl (C=O) groups excluding carboxylic acids is 2. The Labute approximate surface area is 200 Å². The van der Waals surface area contributed by atoms with Gasteiger partial charge in [0.25, 0.3) is 0 Å². The minimum atomic E-state index is -2.98. The Morgan fingerprint density at radius 1 is 1.11 bits per heavy atom. The quantitative estimate of drug-likeness (QED) is 0.310. The van der Waals surface area contributed by atoms with E-state index in [2.05, 4.69) is 0 Å². The molecule has 3 aromatic carbocycles. The lowest BCUT2D eigenvalue weighted by Crippen LogP contribution is -2.24. The number of alkyl halides is 2. The molecule has 0 bridgehead atoms. The Morgan fingerprint density at radius 3 is 2.63 bits per heavy atom. The van der Waals surface area contributed by atoms with E-state index in [1.54, 1.807) is 36.1 Å². The van der Waals surface area contributed by atoms with Crippen LogP contribution in [0.5, 0.6) is 5.75 Å². The van der Waals surface area contributed by atoms with Gasteiger partial charge < -0.3 is 18.8 Å². The number of benzene rings is 3. The maximum absolute atomic E-state index is 13.0. The zero-order valence-corrected chi connectivity index (χ0v) is 19.0. The number of hydrogen-bond donors (Lipinski definition) is 0. The molecule has 1 atom stereocenters. The van der Waals surface area contributed by atoms with Gasteiger partial charge in [0.1, 0.15) is 5.58 Å². The van der Waals surface area contributed by atoms with Gasteiger partial charge >= 0.3 is 12.6 Å². The predicted molar refractivity (Wildman–Crippen MR) is 126 cm³/mol. The van der Waals surface area contributed by atoms with Crippen LogP contribution in [-0.2, 0) is 16.1 Å². The van der Waals surface area contributed by atoms with Crippen molar-refractivity contribution < 1.29 is 32.3 Å². The normalized spacial score (nSPS) is 15.9. The van der Waals surface area contributed by atoms with Gasteiger partial charge in [0.2, 0.25) is 5.91 Å². The topological polar surface area (TPSA) is 69.0 Å². The summed E-state index contributed by atoms with van der Waals surface area (Å²) in [6, 6.07) is 17.5. The second-order valence-corrected chi connectivity index (χ2v) is 8.43. The summed E-state index contributed by atoms with van der Waals surface area (Å²) in [5.41, 5.74) is 3.04. The van der Waals surface area contributed by atoms with Gasteiger partial charge in [-0.2, -0.15) is 8.78 Å². The van der Waals surface area contributed by atoms with E-state index in [0.29, 0.717) is 42.6 Å². The highest BCUT2D eigenvalue weighted by Gasteiger charge is 2.33. The van der Waals surface area contributed by atoms with Crippen LogP contribution >= 0.6 is 0 Å². The molecule has 8 heteroatoms. The molecule has 0 aliphatic carbocycles. The van der Waals surface area contributed by atoms with Crippen LogP contribution in [-0.4, -0.2) is 36.5 Å². The number of likely N-dealkylation sites (tertiary alicyclic amines) is 1. The van der Waals surface area contributed by atoms with Crippen molar-refractivity contribution in [2.75, 3.05) is 13.2 Å². The molecule has 35 heavy (non-hydrogen) atoms. The lowest BCUT2D eigenvalue weighted by atomic mass is 9.93. The number of fused-ring (bicyclic) bond motifs is 3. The number of furan rings is 1. The second-order valence-electron chi connectivity index (χ2n) is 8.43. The molecule has 1 fully saturated rings. The monoisotopic (exact) mass is 479 g/mol. The summed E-state index contributed by atoms with van der Waals surface area (Å²) in [7, 11) is 0. The van der Waals surface area contributed by atoms with Crippen LogP contribution in [0.4, 0.5) is 8.78 Å². The summed E-state index contributed by atoms with van der Waals surface area (Å²) in [4.78, 5) is 26.5. The molecule has 0 spiro atoms. The van der Waals surface area contributed by atoms with Crippen molar-refractivity contribution in [2.24, 2.45) is 0 Å². The third-order valence-corrected chi connectivity index (χ3v) is 6.23. The highest BCUT2D eigenvalue weighted by Crippen LogP contribution is 2.42. The smallest absolute Gasteiger partial charge is 0.387 e. The van der Waals surface area contributed by atoms with Crippen molar-refractivity contribution in [3.05, 3.63) is 77.4 Å². The Hall–Kier alpha value is -3.94. The first kappa shape index (κ1) is 22.8. The van der Waals surface area contributed by atoms with Gasteiger partial charge in [0.05, 0.1) is 12.2 Å². The van der Waals surface area contributed by atoms with E-state index < -0.39 is 6.61 Å². The summed E-state index contributed by atoms with van der Waals surface area (Å²) in [6.07, 6.45) is 0.296. The third kappa shape index (κ3) is 4.43. The molecule has 1 amide bonds. The SMILES string of the molecule is CCOC(=O)c1ccc(CN2CC(c3ccc(OC(F)F)c4oc5ccccc5c34)CC2=O)cc1. The van der Waals surface area contributed by atoms with E-state index in [-0.39, 0.29) is 29.1 Å². The zero-order valence-electron chi connectivity index (χ0n) is 19.0. The summed E-state index contributed by atoms with van der Waals surface area (Å²) >= 11 is 0. The van der Waals surface area contributed by atoms with Gasteiger partial charge in [-0.25, -0.2) is 4.79 Å². The van der Waals surface area contributed by atoms with E-state index in [1.807, 2.05) is 30.3 Å². The van der Waals surface area contributed by atoms with E-state index in [1.165, 1.54) is 6.07 Å². The fourth-order valence-corrected chi connectivity index (χ4v) is 4.67. The number of carbonyl (C=O) groups is 2. The molecular formula is C27H23F2NO5. The summed E-state index contributed by atoms with van der Waals surface area (Å²) in [5.74, 6) is -0.548. The molecule has 180 valence electrons. The van der Waals surface area contributed by atoms with Crippen LogP contribution in [0.3, 0.4) is 0 Å². The minimum absolute atomic E-state index is 0.00155. The van der Waals surface area contributed by atoms with E-state index >= 15 is 0 Å². The molecule has 1 saturated heterocycles. The lowest BCUT2D eigenvalue weighted by molar-refractivity contribution is -0.128. The maximum atomic E-state index is 13.0. The van der Waals surface area contributed by atoms with Crippen LogP contribution in [0, 0.1) is 0 Å². The fourth-order valence-electron chi connectivity index (χ4n) is 4.67. The molecule has 2 heterocycles. The molecule has 6 nitrogen and oxygen atoms in total. The lowest BCUT2D eigenvalue weighted by Gasteiger charge is -2.18. The second kappa shape index (κ2) is 9.37. The fraction of sp³-hybridized carbons (Fsp3) is 0.259. The average Bonchev–Trinajstić information content (AvgIpc) is 3.41. The number of halogens is 2. The van der Waals surface area contributed by atoms with Gasteiger partial charge in [-0.15, -0.1) is 0 Å². The Balaban J connectivity index is 1.42. The maximum Gasteiger partial charge on any atom is 0.387 e. The van der Waals surface area contributed by atoms with Gasteiger partial charge in [-0.05, 0) is 42.3 Å². The summed E-state index contributed by atoms with van der Waals surface area (Å²) in [5, 5.41) is 1.48. The molecule has 4 aromatic rings. The molecule has 1 unspecified atom stereocenters. The molecular weight excluding hydrogens is 456 g/mol. The number of rotatable bonds is 7. The van der Waals surface area contributed by atoms with Crippen LogP contribution in [0.15, 0.2) is 65.1 Å². The molecule has 5 rings (SSSR count). The van der Waals surface area contributed by atoms with Gasteiger partial charge in [0, 0.05) is 36.2 Å². The van der Waals surface area contributed by atoms with Crippen LogP contribution in [0.2, 0.25) is 0 Å². The van der Waals surface area contributed by atoms with Gasteiger partial charge in [-0.3, -0.25) is 4.79 Å².